The second kappa shape index (κ2) is 3.87. The number of aromatic nitrogens is 2. The topological polar surface area (TPSA) is 55.1 Å². The fourth-order valence-corrected chi connectivity index (χ4v) is 2.29. The Hall–Kier alpha value is -1.84. The van der Waals surface area contributed by atoms with Gasteiger partial charge in [-0.3, -0.25) is 0 Å². The lowest BCUT2D eigenvalue weighted by Gasteiger charge is -2.25. The monoisotopic (exact) mass is 230 g/mol. The zero-order valence-corrected chi connectivity index (χ0v) is 9.47. The Kier molecular flexibility index (Phi) is 2.35. The van der Waals surface area contributed by atoms with Gasteiger partial charge in [-0.1, -0.05) is 6.42 Å². The first-order valence-electron chi connectivity index (χ1n) is 5.92. The van der Waals surface area contributed by atoms with Crippen LogP contribution in [-0.2, 0) is 6.54 Å². The third-order valence-electron chi connectivity index (χ3n) is 3.55. The number of imidazole rings is 1. The van der Waals surface area contributed by atoms with Crippen LogP contribution in [0.1, 0.15) is 29.6 Å². The molecule has 0 saturated heterocycles. The number of aromatic carboxylic acids is 1. The van der Waals surface area contributed by atoms with Crippen molar-refractivity contribution in [3.63, 3.8) is 0 Å². The van der Waals surface area contributed by atoms with Gasteiger partial charge in [0, 0.05) is 6.54 Å². The van der Waals surface area contributed by atoms with E-state index in [1.807, 2.05) is 6.33 Å². The third kappa shape index (κ3) is 1.79. The van der Waals surface area contributed by atoms with Crippen LogP contribution in [0, 0.1) is 5.92 Å². The van der Waals surface area contributed by atoms with E-state index < -0.39 is 5.97 Å². The molecule has 0 bridgehead atoms. The number of benzene rings is 1. The van der Waals surface area contributed by atoms with Crippen LogP contribution in [0.15, 0.2) is 24.5 Å². The van der Waals surface area contributed by atoms with Gasteiger partial charge in [-0.15, -0.1) is 0 Å². The van der Waals surface area contributed by atoms with Crippen LogP contribution >= 0.6 is 0 Å². The van der Waals surface area contributed by atoms with Gasteiger partial charge >= 0.3 is 5.97 Å². The summed E-state index contributed by atoms with van der Waals surface area (Å²) >= 11 is 0. The van der Waals surface area contributed by atoms with Crippen molar-refractivity contribution in [3.8, 4) is 0 Å². The fraction of sp³-hybridized carbons (Fsp3) is 0.385. The first-order valence-corrected chi connectivity index (χ1v) is 5.92. The highest BCUT2D eigenvalue weighted by molar-refractivity contribution is 5.92. The molecule has 1 fully saturated rings. The highest BCUT2D eigenvalue weighted by Crippen LogP contribution is 2.29. The highest BCUT2D eigenvalue weighted by Gasteiger charge is 2.18. The molecule has 0 spiro atoms. The standard InChI is InChI=1S/C13H14N2O2/c16-13(17)10-4-5-11-12(6-10)15(8-14-11)7-9-2-1-3-9/h4-6,8-9H,1-3,7H2,(H,16,17). The van der Waals surface area contributed by atoms with E-state index in [0.29, 0.717) is 5.56 Å². The van der Waals surface area contributed by atoms with Crippen molar-refractivity contribution in [3.05, 3.63) is 30.1 Å². The first kappa shape index (κ1) is 10.3. The molecule has 17 heavy (non-hydrogen) atoms. The molecular weight excluding hydrogens is 216 g/mol. The molecule has 0 radical (unpaired) electrons. The molecule has 1 aromatic carbocycles. The Bertz CT molecular complexity index is 570. The molecule has 88 valence electrons. The summed E-state index contributed by atoms with van der Waals surface area (Å²) < 4.78 is 2.08. The van der Waals surface area contributed by atoms with Crippen molar-refractivity contribution in [2.75, 3.05) is 0 Å². The Labute approximate surface area is 98.9 Å². The van der Waals surface area contributed by atoms with E-state index in [9.17, 15) is 4.79 Å². The lowest BCUT2D eigenvalue weighted by molar-refractivity contribution is 0.0697. The van der Waals surface area contributed by atoms with Crippen molar-refractivity contribution in [1.82, 2.24) is 9.55 Å². The largest absolute Gasteiger partial charge is 0.478 e. The third-order valence-corrected chi connectivity index (χ3v) is 3.55. The minimum absolute atomic E-state index is 0.327. The first-order chi connectivity index (χ1) is 8.24. The quantitative estimate of drug-likeness (QED) is 0.881. The minimum Gasteiger partial charge on any atom is -0.478 e. The van der Waals surface area contributed by atoms with E-state index in [0.717, 1.165) is 23.5 Å². The SMILES string of the molecule is O=C(O)c1ccc2ncn(CC3CCC3)c2c1. The maximum absolute atomic E-state index is 10.9. The number of hydrogen-bond acceptors (Lipinski definition) is 2. The molecule has 0 amide bonds. The normalized spacial score (nSPS) is 16.0. The number of nitrogens with zero attached hydrogens (tertiary/aromatic N) is 2. The van der Waals surface area contributed by atoms with Gasteiger partial charge in [0.05, 0.1) is 22.9 Å². The van der Waals surface area contributed by atoms with E-state index in [1.54, 1.807) is 18.2 Å². The second-order valence-electron chi connectivity index (χ2n) is 4.70. The maximum atomic E-state index is 10.9. The van der Waals surface area contributed by atoms with Crippen LogP contribution in [0.3, 0.4) is 0 Å². The zero-order chi connectivity index (χ0) is 11.8. The molecule has 1 aromatic heterocycles. The summed E-state index contributed by atoms with van der Waals surface area (Å²) in [5, 5.41) is 8.98. The van der Waals surface area contributed by atoms with Gasteiger partial charge in [-0.05, 0) is 37.0 Å². The summed E-state index contributed by atoms with van der Waals surface area (Å²) in [6.45, 7) is 0.958. The lowest BCUT2D eigenvalue weighted by Crippen LogP contribution is -2.17. The zero-order valence-electron chi connectivity index (χ0n) is 9.47. The van der Waals surface area contributed by atoms with Crippen LogP contribution in [-0.4, -0.2) is 20.6 Å². The fourth-order valence-electron chi connectivity index (χ4n) is 2.29. The maximum Gasteiger partial charge on any atom is 0.335 e. The number of carboxylic acids is 1. The van der Waals surface area contributed by atoms with Gasteiger partial charge in [-0.2, -0.15) is 0 Å². The number of carbonyl (C=O) groups is 1. The van der Waals surface area contributed by atoms with E-state index >= 15 is 0 Å². The minimum atomic E-state index is -0.886. The van der Waals surface area contributed by atoms with E-state index in [2.05, 4.69) is 9.55 Å². The van der Waals surface area contributed by atoms with Crippen molar-refractivity contribution < 1.29 is 9.90 Å². The van der Waals surface area contributed by atoms with Crippen molar-refractivity contribution in [2.24, 2.45) is 5.92 Å². The molecule has 3 rings (SSSR count). The summed E-state index contributed by atoms with van der Waals surface area (Å²) in [5.41, 5.74) is 2.12. The Morgan fingerprint density at radius 1 is 1.47 bits per heavy atom. The summed E-state index contributed by atoms with van der Waals surface area (Å²) in [6, 6.07) is 5.09. The van der Waals surface area contributed by atoms with Gasteiger partial charge in [-0.25, -0.2) is 9.78 Å². The molecule has 1 N–H and O–H groups in total. The lowest BCUT2D eigenvalue weighted by atomic mass is 9.85. The van der Waals surface area contributed by atoms with Gasteiger partial charge in [0.1, 0.15) is 0 Å². The molecule has 0 aliphatic heterocycles. The van der Waals surface area contributed by atoms with E-state index in [4.69, 9.17) is 5.11 Å². The van der Waals surface area contributed by atoms with E-state index in [-0.39, 0.29) is 0 Å². The van der Waals surface area contributed by atoms with Crippen LogP contribution in [0.25, 0.3) is 11.0 Å². The molecule has 1 aliphatic rings. The average molecular weight is 230 g/mol. The second-order valence-corrected chi connectivity index (χ2v) is 4.70. The molecule has 0 atom stereocenters. The molecule has 4 nitrogen and oxygen atoms in total. The number of fused-ring (bicyclic) bond motifs is 1. The van der Waals surface area contributed by atoms with Crippen molar-refractivity contribution in [1.29, 1.82) is 0 Å². The average Bonchev–Trinajstić information content (AvgIpc) is 2.65. The molecule has 2 aromatic rings. The van der Waals surface area contributed by atoms with E-state index in [1.165, 1.54) is 19.3 Å². The summed E-state index contributed by atoms with van der Waals surface area (Å²) in [6.07, 6.45) is 5.68. The summed E-state index contributed by atoms with van der Waals surface area (Å²) in [5.74, 6) is -0.149. The molecule has 4 heteroatoms. The Morgan fingerprint density at radius 3 is 2.94 bits per heavy atom. The summed E-state index contributed by atoms with van der Waals surface area (Å²) in [7, 11) is 0. The van der Waals surface area contributed by atoms with Crippen LogP contribution in [0.2, 0.25) is 0 Å². The highest BCUT2D eigenvalue weighted by atomic mass is 16.4. The smallest absolute Gasteiger partial charge is 0.335 e. The van der Waals surface area contributed by atoms with Crippen LogP contribution < -0.4 is 0 Å². The molecule has 1 heterocycles. The van der Waals surface area contributed by atoms with Gasteiger partial charge in [0.25, 0.3) is 0 Å². The summed E-state index contributed by atoms with van der Waals surface area (Å²) in [4.78, 5) is 15.2. The number of carboxylic acid groups (broad SMARTS) is 1. The van der Waals surface area contributed by atoms with Crippen LogP contribution in [0.4, 0.5) is 0 Å². The Balaban J connectivity index is 1.99. The predicted octanol–water partition coefficient (Wildman–Crippen LogP) is 2.53. The Morgan fingerprint density at radius 2 is 2.29 bits per heavy atom. The van der Waals surface area contributed by atoms with Crippen molar-refractivity contribution in [2.45, 2.75) is 25.8 Å². The number of rotatable bonds is 3. The predicted molar refractivity (Wildman–Crippen MR) is 64.0 cm³/mol. The van der Waals surface area contributed by atoms with Gasteiger partial charge < -0.3 is 9.67 Å². The molecule has 1 aliphatic carbocycles. The van der Waals surface area contributed by atoms with Crippen LogP contribution in [0.5, 0.6) is 0 Å². The molecule has 1 saturated carbocycles. The van der Waals surface area contributed by atoms with Gasteiger partial charge in [0.2, 0.25) is 0 Å². The molecule has 0 unspecified atom stereocenters. The van der Waals surface area contributed by atoms with Gasteiger partial charge in [0.15, 0.2) is 0 Å². The number of hydrogen-bond donors (Lipinski definition) is 1. The van der Waals surface area contributed by atoms with Crippen molar-refractivity contribution >= 4 is 17.0 Å². The molecular formula is C13H14N2O2.